The van der Waals surface area contributed by atoms with Crippen LogP contribution < -0.4 is 10.5 Å². The maximum atomic E-state index is 11.8. The van der Waals surface area contributed by atoms with Crippen LogP contribution in [0.15, 0.2) is 29.2 Å². The van der Waals surface area contributed by atoms with E-state index >= 15 is 0 Å². The second-order valence-electron chi connectivity index (χ2n) is 3.26. The predicted octanol–water partition coefficient (Wildman–Crippen LogP) is 0.110. The van der Waals surface area contributed by atoms with Crippen LogP contribution in [-0.2, 0) is 19.6 Å². The van der Waals surface area contributed by atoms with Crippen molar-refractivity contribution in [1.82, 2.24) is 4.72 Å². The van der Waals surface area contributed by atoms with Crippen molar-refractivity contribution >= 4 is 21.7 Å². The van der Waals surface area contributed by atoms with Crippen LogP contribution in [0.25, 0.3) is 0 Å². The smallest absolute Gasteiger partial charge is 0.306 e. The van der Waals surface area contributed by atoms with Gasteiger partial charge in [0, 0.05) is 6.54 Å². The van der Waals surface area contributed by atoms with Crippen molar-refractivity contribution in [2.75, 3.05) is 19.4 Å². The number of rotatable bonds is 5. The standard InChI is InChI=1S/C10H14N2O4S/c1-16-10(13)6-7-12-17(14,15)9-5-3-2-4-8(9)11/h2-5,12H,6-7,11H2,1H3. The minimum absolute atomic E-state index is 0.00451. The fourth-order valence-electron chi connectivity index (χ4n) is 1.19. The number of hydrogen-bond acceptors (Lipinski definition) is 5. The zero-order valence-corrected chi connectivity index (χ0v) is 10.2. The maximum absolute atomic E-state index is 11.8. The van der Waals surface area contributed by atoms with Gasteiger partial charge in [-0.05, 0) is 12.1 Å². The average Bonchev–Trinajstić information content (AvgIpc) is 2.28. The Morgan fingerprint density at radius 3 is 2.65 bits per heavy atom. The molecule has 0 saturated heterocycles. The number of benzene rings is 1. The molecule has 1 aromatic carbocycles. The highest BCUT2D eigenvalue weighted by molar-refractivity contribution is 7.89. The Bertz CT molecular complexity index is 499. The van der Waals surface area contributed by atoms with Crippen molar-refractivity contribution in [1.29, 1.82) is 0 Å². The quantitative estimate of drug-likeness (QED) is 0.577. The van der Waals surface area contributed by atoms with E-state index in [0.29, 0.717) is 0 Å². The second-order valence-corrected chi connectivity index (χ2v) is 5.00. The summed E-state index contributed by atoms with van der Waals surface area (Å²) in [6, 6.07) is 6.11. The molecule has 0 spiro atoms. The number of para-hydroxylation sites is 1. The van der Waals surface area contributed by atoms with Crippen LogP contribution in [0.5, 0.6) is 0 Å². The van der Waals surface area contributed by atoms with Gasteiger partial charge in [0.2, 0.25) is 10.0 Å². The van der Waals surface area contributed by atoms with Crippen molar-refractivity contribution in [3.63, 3.8) is 0 Å². The highest BCUT2D eigenvalue weighted by Crippen LogP contribution is 2.16. The lowest BCUT2D eigenvalue weighted by Crippen LogP contribution is -2.27. The molecule has 0 saturated carbocycles. The first kappa shape index (κ1) is 13.5. The molecular weight excluding hydrogens is 244 g/mol. The van der Waals surface area contributed by atoms with Gasteiger partial charge in [0.25, 0.3) is 0 Å². The Morgan fingerprint density at radius 1 is 1.41 bits per heavy atom. The predicted molar refractivity (Wildman–Crippen MR) is 62.7 cm³/mol. The minimum Gasteiger partial charge on any atom is -0.469 e. The van der Waals surface area contributed by atoms with E-state index in [1.807, 2.05) is 0 Å². The number of carbonyl (C=O) groups excluding carboxylic acids is 1. The van der Waals surface area contributed by atoms with Gasteiger partial charge < -0.3 is 10.5 Å². The molecule has 0 bridgehead atoms. The maximum Gasteiger partial charge on any atom is 0.306 e. The van der Waals surface area contributed by atoms with Gasteiger partial charge in [-0.3, -0.25) is 4.79 Å². The van der Waals surface area contributed by atoms with E-state index in [1.165, 1.54) is 19.2 Å². The first-order chi connectivity index (χ1) is 7.97. The Labute approximate surface area is 99.8 Å². The lowest BCUT2D eigenvalue weighted by Gasteiger charge is -2.08. The van der Waals surface area contributed by atoms with Gasteiger partial charge in [-0.25, -0.2) is 13.1 Å². The van der Waals surface area contributed by atoms with Gasteiger partial charge in [0.1, 0.15) is 4.90 Å². The van der Waals surface area contributed by atoms with Crippen LogP contribution in [0.3, 0.4) is 0 Å². The summed E-state index contributed by atoms with van der Waals surface area (Å²) in [6.07, 6.45) is -0.0253. The molecule has 0 aromatic heterocycles. The molecule has 6 nitrogen and oxygen atoms in total. The molecule has 0 fully saturated rings. The van der Waals surface area contributed by atoms with Crippen molar-refractivity contribution in [2.45, 2.75) is 11.3 Å². The van der Waals surface area contributed by atoms with E-state index in [-0.39, 0.29) is 23.5 Å². The summed E-state index contributed by atoms with van der Waals surface area (Å²) in [5, 5.41) is 0. The summed E-state index contributed by atoms with van der Waals surface area (Å²) in [7, 11) is -2.44. The largest absolute Gasteiger partial charge is 0.469 e. The molecule has 7 heteroatoms. The summed E-state index contributed by atoms with van der Waals surface area (Å²) in [5.41, 5.74) is 5.72. The van der Waals surface area contributed by atoms with Crippen molar-refractivity contribution in [3.05, 3.63) is 24.3 Å². The highest BCUT2D eigenvalue weighted by atomic mass is 32.2. The third-order valence-electron chi connectivity index (χ3n) is 2.06. The zero-order valence-electron chi connectivity index (χ0n) is 9.34. The van der Waals surface area contributed by atoms with Gasteiger partial charge in [0.05, 0.1) is 19.2 Å². The molecule has 1 aromatic rings. The van der Waals surface area contributed by atoms with Crippen LogP contribution in [-0.4, -0.2) is 28.0 Å². The van der Waals surface area contributed by atoms with E-state index in [9.17, 15) is 13.2 Å². The first-order valence-electron chi connectivity index (χ1n) is 4.88. The molecule has 0 radical (unpaired) electrons. The van der Waals surface area contributed by atoms with E-state index in [2.05, 4.69) is 9.46 Å². The number of nitrogens with one attached hydrogen (secondary N) is 1. The number of hydrogen-bond donors (Lipinski definition) is 2. The van der Waals surface area contributed by atoms with Crippen LogP contribution in [0.1, 0.15) is 6.42 Å². The van der Waals surface area contributed by atoms with Crippen LogP contribution in [0.4, 0.5) is 5.69 Å². The molecule has 0 heterocycles. The number of esters is 1. The van der Waals surface area contributed by atoms with E-state index in [0.717, 1.165) is 0 Å². The molecule has 94 valence electrons. The molecule has 0 unspecified atom stereocenters. The van der Waals surface area contributed by atoms with E-state index in [1.54, 1.807) is 12.1 Å². The van der Waals surface area contributed by atoms with Gasteiger partial charge in [-0.1, -0.05) is 12.1 Å². The van der Waals surface area contributed by atoms with Gasteiger partial charge in [-0.15, -0.1) is 0 Å². The Balaban J connectivity index is 2.70. The third kappa shape index (κ3) is 3.72. The molecule has 1 rings (SSSR count). The van der Waals surface area contributed by atoms with Crippen LogP contribution in [0.2, 0.25) is 0 Å². The molecule has 0 atom stereocenters. The molecule has 0 amide bonds. The van der Waals surface area contributed by atoms with Gasteiger partial charge >= 0.3 is 5.97 Å². The Morgan fingerprint density at radius 2 is 2.06 bits per heavy atom. The normalized spacial score (nSPS) is 11.1. The molecule has 3 N–H and O–H groups in total. The molecule has 0 aliphatic carbocycles. The van der Waals surface area contributed by atoms with Gasteiger partial charge in [0.15, 0.2) is 0 Å². The molecule has 17 heavy (non-hydrogen) atoms. The average molecular weight is 258 g/mol. The van der Waals surface area contributed by atoms with E-state index < -0.39 is 16.0 Å². The summed E-state index contributed by atoms with van der Waals surface area (Å²) >= 11 is 0. The van der Waals surface area contributed by atoms with E-state index in [4.69, 9.17) is 5.73 Å². The van der Waals surface area contributed by atoms with Crippen molar-refractivity contribution in [2.24, 2.45) is 0 Å². The van der Waals surface area contributed by atoms with Gasteiger partial charge in [-0.2, -0.15) is 0 Å². The minimum atomic E-state index is -3.68. The Kier molecular flexibility index (Phi) is 4.47. The van der Waals surface area contributed by atoms with Crippen LogP contribution in [0, 0.1) is 0 Å². The fraction of sp³-hybridized carbons (Fsp3) is 0.300. The summed E-state index contributed by atoms with van der Waals surface area (Å²) in [6.45, 7) is -0.0245. The number of nitrogen functional groups attached to an aromatic ring is 1. The zero-order chi connectivity index (χ0) is 12.9. The summed E-state index contributed by atoms with van der Waals surface area (Å²) in [5.74, 6) is -0.478. The molecule has 0 aliphatic rings. The molecule has 0 aliphatic heterocycles. The number of nitrogens with two attached hydrogens (primary N) is 1. The number of anilines is 1. The third-order valence-corrected chi connectivity index (χ3v) is 3.59. The first-order valence-corrected chi connectivity index (χ1v) is 6.36. The number of ether oxygens (including phenoxy) is 1. The monoisotopic (exact) mass is 258 g/mol. The lowest BCUT2D eigenvalue weighted by molar-refractivity contribution is -0.140. The summed E-state index contributed by atoms with van der Waals surface area (Å²) in [4.78, 5) is 10.8. The Hall–Kier alpha value is -1.60. The fourth-order valence-corrected chi connectivity index (χ4v) is 2.35. The SMILES string of the molecule is COC(=O)CCNS(=O)(=O)c1ccccc1N. The second kappa shape index (κ2) is 5.65. The summed E-state index contributed by atoms with van der Waals surface area (Å²) < 4.78 is 30.2. The number of sulfonamides is 1. The number of carbonyl (C=O) groups is 1. The molecular formula is C10H14N2O4S. The van der Waals surface area contributed by atoms with Crippen molar-refractivity contribution in [3.8, 4) is 0 Å². The topological polar surface area (TPSA) is 98.5 Å². The highest BCUT2D eigenvalue weighted by Gasteiger charge is 2.16. The number of methoxy groups -OCH3 is 1. The van der Waals surface area contributed by atoms with Crippen molar-refractivity contribution < 1.29 is 17.9 Å². The van der Waals surface area contributed by atoms with Crippen LogP contribution >= 0.6 is 0 Å². The lowest BCUT2D eigenvalue weighted by atomic mass is 10.3.